The summed E-state index contributed by atoms with van der Waals surface area (Å²) in [4.78, 5) is 14.1. The van der Waals surface area contributed by atoms with Gasteiger partial charge >= 0.3 is 0 Å². The first-order valence-electron chi connectivity index (χ1n) is 6.54. The highest BCUT2D eigenvalue weighted by Crippen LogP contribution is 2.27. The largest absolute Gasteiger partial charge is 0.344 e. The minimum atomic E-state index is -0.569. The lowest BCUT2D eigenvalue weighted by atomic mass is 9.81. The molecular weight excluding hydrogens is 200 g/mol. The van der Waals surface area contributed by atoms with E-state index >= 15 is 0 Å². The van der Waals surface area contributed by atoms with Crippen LogP contribution in [0.2, 0.25) is 0 Å². The standard InChI is InChI=1S/C13H26N2O/c1-4-11(2)10-15(3)12(16)13(14)8-6-5-7-9-13/h11H,4-10,14H2,1-3H3. The molecule has 3 heteroatoms. The summed E-state index contributed by atoms with van der Waals surface area (Å²) in [6.07, 6.45) is 6.24. The van der Waals surface area contributed by atoms with Crippen LogP contribution in [0.1, 0.15) is 52.4 Å². The second kappa shape index (κ2) is 5.67. The van der Waals surface area contributed by atoms with E-state index in [1.54, 1.807) is 0 Å². The average Bonchev–Trinajstić information content (AvgIpc) is 2.28. The third kappa shape index (κ3) is 3.21. The fraction of sp³-hybridized carbons (Fsp3) is 0.923. The molecule has 1 saturated carbocycles. The number of carbonyl (C=O) groups excluding carboxylic acids is 1. The molecule has 1 aliphatic rings. The number of rotatable bonds is 4. The van der Waals surface area contributed by atoms with Gasteiger partial charge in [0.1, 0.15) is 0 Å². The Morgan fingerprint density at radius 3 is 2.44 bits per heavy atom. The van der Waals surface area contributed by atoms with E-state index in [1.807, 2.05) is 11.9 Å². The molecule has 1 amide bonds. The maximum Gasteiger partial charge on any atom is 0.242 e. The number of nitrogens with two attached hydrogens (primary N) is 1. The van der Waals surface area contributed by atoms with Crippen LogP contribution < -0.4 is 5.73 Å². The van der Waals surface area contributed by atoms with E-state index < -0.39 is 5.54 Å². The Hall–Kier alpha value is -0.570. The molecule has 0 heterocycles. The van der Waals surface area contributed by atoms with Crippen LogP contribution in [0.3, 0.4) is 0 Å². The van der Waals surface area contributed by atoms with Gasteiger partial charge in [0.15, 0.2) is 0 Å². The minimum absolute atomic E-state index is 0.146. The molecule has 0 aromatic rings. The second-order valence-corrected chi connectivity index (χ2v) is 5.42. The van der Waals surface area contributed by atoms with E-state index in [9.17, 15) is 4.79 Å². The molecule has 0 spiro atoms. The van der Waals surface area contributed by atoms with Gasteiger partial charge < -0.3 is 10.6 Å². The number of carbonyl (C=O) groups is 1. The highest BCUT2D eigenvalue weighted by molar-refractivity contribution is 5.86. The molecule has 0 aromatic carbocycles. The van der Waals surface area contributed by atoms with Gasteiger partial charge in [0.2, 0.25) is 5.91 Å². The van der Waals surface area contributed by atoms with Gasteiger partial charge in [0.25, 0.3) is 0 Å². The van der Waals surface area contributed by atoms with Gasteiger partial charge in [-0.15, -0.1) is 0 Å². The normalized spacial score (nSPS) is 21.5. The molecule has 1 fully saturated rings. The summed E-state index contributed by atoms with van der Waals surface area (Å²) < 4.78 is 0. The number of hydrogen-bond acceptors (Lipinski definition) is 2. The van der Waals surface area contributed by atoms with Gasteiger partial charge in [-0.05, 0) is 18.8 Å². The topological polar surface area (TPSA) is 46.3 Å². The van der Waals surface area contributed by atoms with E-state index in [0.29, 0.717) is 5.92 Å². The van der Waals surface area contributed by atoms with E-state index in [2.05, 4.69) is 13.8 Å². The van der Waals surface area contributed by atoms with Crippen LogP contribution in [0, 0.1) is 5.92 Å². The van der Waals surface area contributed by atoms with E-state index in [1.165, 1.54) is 6.42 Å². The lowest BCUT2D eigenvalue weighted by Gasteiger charge is -2.36. The summed E-state index contributed by atoms with van der Waals surface area (Å²) >= 11 is 0. The summed E-state index contributed by atoms with van der Waals surface area (Å²) in [7, 11) is 1.89. The number of likely N-dealkylation sites (N-methyl/N-ethyl adjacent to an activating group) is 1. The van der Waals surface area contributed by atoms with Gasteiger partial charge in [-0.1, -0.05) is 39.5 Å². The van der Waals surface area contributed by atoms with Crippen molar-refractivity contribution in [1.82, 2.24) is 4.90 Å². The zero-order valence-corrected chi connectivity index (χ0v) is 11.0. The fourth-order valence-electron chi connectivity index (χ4n) is 2.46. The van der Waals surface area contributed by atoms with Crippen molar-refractivity contribution in [1.29, 1.82) is 0 Å². The van der Waals surface area contributed by atoms with Crippen molar-refractivity contribution in [3.05, 3.63) is 0 Å². The highest BCUT2D eigenvalue weighted by Gasteiger charge is 2.37. The molecule has 2 N–H and O–H groups in total. The van der Waals surface area contributed by atoms with Crippen LogP contribution in [0.4, 0.5) is 0 Å². The van der Waals surface area contributed by atoms with Crippen LogP contribution >= 0.6 is 0 Å². The van der Waals surface area contributed by atoms with E-state index in [-0.39, 0.29) is 5.91 Å². The Bertz CT molecular complexity index is 234. The zero-order chi connectivity index (χ0) is 12.2. The number of nitrogens with zero attached hydrogens (tertiary/aromatic N) is 1. The van der Waals surface area contributed by atoms with Crippen molar-refractivity contribution < 1.29 is 4.79 Å². The van der Waals surface area contributed by atoms with E-state index in [0.717, 1.165) is 38.6 Å². The second-order valence-electron chi connectivity index (χ2n) is 5.42. The van der Waals surface area contributed by atoms with Gasteiger partial charge in [0.05, 0.1) is 5.54 Å². The van der Waals surface area contributed by atoms with E-state index in [4.69, 9.17) is 5.73 Å². The minimum Gasteiger partial charge on any atom is -0.344 e. The fourth-order valence-corrected chi connectivity index (χ4v) is 2.46. The number of amides is 1. The summed E-state index contributed by atoms with van der Waals surface area (Å²) in [5.74, 6) is 0.702. The first-order chi connectivity index (χ1) is 7.49. The van der Waals surface area contributed by atoms with Crippen LogP contribution in [-0.2, 0) is 4.79 Å². The summed E-state index contributed by atoms with van der Waals surface area (Å²) in [6, 6.07) is 0. The molecule has 0 aromatic heterocycles. The Kier molecular flexibility index (Phi) is 4.78. The van der Waals surface area contributed by atoms with Crippen molar-refractivity contribution in [2.75, 3.05) is 13.6 Å². The predicted octanol–water partition coefficient (Wildman–Crippen LogP) is 2.15. The first kappa shape index (κ1) is 13.5. The van der Waals surface area contributed by atoms with Crippen molar-refractivity contribution in [2.45, 2.75) is 57.9 Å². The maximum absolute atomic E-state index is 12.3. The average molecular weight is 226 g/mol. The molecule has 1 atom stereocenters. The van der Waals surface area contributed by atoms with Crippen LogP contribution in [0.15, 0.2) is 0 Å². The third-order valence-electron chi connectivity index (χ3n) is 3.80. The Labute approximate surface area is 99.4 Å². The molecule has 3 nitrogen and oxygen atoms in total. The summed E-state index contributed by atoms with van der Waals surface area (Å²) in [5, 5.41) is 0. The van der Waals surface area contributed by atoms with Gasteiger partial charge in [-0.2, -0.15) is 0 Å². The molecule has 0 bridgehead atoms. The van der Waals surface area contributed by atoms with Crippen molar-refractivity contribution >= 4 is 5.91 Å². The molecule has 0 aliphatic heterocycles. The van der Waals surface area contributed by atoms with Crippen LogP contribution in [-0.4, -0.2) is 29.9 Å². The quantitative estimate of drug-likeness (QED) is 0.798. The lowest BCUT2D eigenvalue weighted by molar-refractivity contribution is -0.137. The Morgan fingerprint density at radius 1 is 1.38 bits per heavy atom. The summed E-state index contributed by atoms with van der Waals surface area (Å²) in [6.45, 7) is 5.16. The van der Waals surface area contributed by atoms with Crippen LogP contribution in [0.25, 0.3) is 0 Å². The molecule has 1 aliphatic carbocycles. The van der Waals surface area contributed by atoms with Crippen molar-refractivity contribution in [2.24, 2.45) is 11.7 Å². The lowest BCUT2D eigenvalue weighted by Crippen LogP contribution is -2.55. The Morgan fingerprint density at radius 2 is 1.94 bits per heavy atom. The molecule has 1 unspecified atom stereocenters. The zero-order valence-electron chi connectivity index (χ0n) is 11.0. The highest BCUT2D eigenvalue weighted by atomic mass is 16.2. The molecule has 16 heavy (non-hydrogen) atoms. The molecule has 94 valence electrons. The summed E-state index contributed by atoms with van der Waals surface area (Å²) in [5.41, 5.74) is 5.66. The van der Waals surface area contributed by atoms with Crippen LogP contribution in [0.5, 0.6) is 0 Å². The van der Waals surface area contributed by atoms with Gasteiger partial charge in [-0.3, -0.25) is 4.79 Å². The molecule has 0 saturated heterocycles. The van der Waals surface area contributed by atoms with Crippen molar-refractivity contribution in [3.63, 3.8) is 0 Å². The molecular formula is C13H26N2O. The molecule has 0 radical (unpaired) electrons. The first-order valence-corrected chi connectivity index (χ1v) is 6.54. The predicted molar refractivity (Wildman–Crippen MR) is 67.1 cm³/mol. The van der Waals surface area contributed by atoms with Crippen molar-refractivity contribution in [3.8, 4) is 0 Å². The monoisotopic (exact) mass is 226 g/mol. The smallest absolute Gasteiger partial charge is 0.242 e. The van der Waals surface area contributed by atoms with Gasteiger partial charge in [-0.25, -0.2) is 0 Å². The SMILES string of the molecule is CCC(C)CN(C)C(=O)C1(N)CCCCC1. The maximum atomic E-state index is 12.3. The van der Waals surface area contributed by atoms with Gasteiger partial charge in [0, 0.05) is 13.6 Å². The Balaban J connectivity index is 2.54. The molecule has 1 rings (SSSR count). The third-order valence-corrected chi connectivity index (χ3v) is 3.80. The number of hydrogen-bond donors (Lipinski definition) is 1.